The number of aromatic nitrogens is 1. The van der Waals surface area contributed by atoms with Gasteiger partial charge in [0.05, 0.1) is 12.7 Å². The summed E-state index contributed by atoms with van der Waals surface area (Å²) in [6, 6.07) is 5.86. The Balaban J connectivity index is 1.96. The molecule has 2 heterocycles. The number of anilines is 1. The lowest BCUT2D eigenvalue weighted by atomic mass is 10.2. The van der Waals surface area contributed by atoms with Crippen LogP contribution in [0.1, 0.15) is 10.4 Å². The third-order valence-electron chi connectivity index (χ3n) is 3.59. The van der Waals surface area contributed by atoms with Crippen LogP contribution in [0.25, 0.3) is 11.1 Å². The highest BCUT2D eigenvalue weighted by Crippen LogP contribution is 2.25. The normalized spacial score (nSPS) is 16.6. The van der Waals surface area contributed by atoms with E-state index in [1.165, 1.54) is 7.11 Å². The fourth-order valence-corrected chi connectivity index (χ4v) is 2.34. The Kier molecular flexibility index (Phi) is 3.31. The number of likely N-dealkylation sites (N-methyl/N-ethyl adjacent to an activating group) is 1. The van der Waals surface area contributed by atoms with Gasteiger partial charge in [-0.25, -0.2) is 4.79 Å². The summed E-state index contributed by atoms with van der Waals surface area (Å²) in [5.74, 6) is -0.395. The topological polar surface area (TPSA) is 58.8 Å². The number of fused-ring (bicyclic) bond motifs is 1. The van der Waals surface area contributed by atoms with Gasteiger partial charge in [0, 0.05) is 26.2 Å². The smallest absolute Gasteiger partial charge is 0.340 e. The van der Waals surface area contributed by atoms with Crippen LogP contribution in [-0.2, 0) is 4.74 Å². The van der Waals surface area contributed by atoms with Crippen LogP contribution in [-0.4, -0.2) is 56.2 Å². The molecule has 6 heteroatoms. The van der Waals surface area contributed by atoms with Gasteiger partial charge in [-0.05, 0) is 19.2 Å². The number of hydrogen-bond acceptors (Lipinski definition) is 6. The molecule has 0 aliphatic carbocycles. The summed E-state index contributed by atoms with van der Waals surface area (Å²) < 4.78 is 10.5. The van der Waals surface area contributed by atoms with E-state index in [1.54, 1.807) is 12.1 Å². The van der Waals surface area contributed by atoms with E-state index in [0.717, 1.165) is 26.2 Å². The van der Waals surface area contributed by atoms with E-state index >= 15 is 0 Å². The van der Waals surface area contributed by atoms with Crippen molar-refractivity contribution in [3.63, 3.8) is 0 Å². The molecule has 1 saturated heterocycles. The van der Waals surface area contributed by atoms with Gasteiger partial charge >= 0.3 is 5.97 Å². The van der Waals surface area contributed by atoms with Gasteiger partial charge in [0.2, 0.25) is 0 Å². The first-order valence-corrected chi connectivity index (χ1v) is 6.60. The highest BCUT2D eigenvalue weighted by atomic mass is 16.5. The Bertz CT molecular complexity index is 630. The Morgan fingerprint density at radius 1 is 1.30 bits per heavy atom. The Morgan fingerprint density at radius 2 is 2.05 bits per heavy atom. The van der Waals surface area contributed by atoms with Crippen LogP contribution in [0.15, 0.2) is 22.6 Å². The highest BCUT2D eigenvalue weighted by molar-refractivity contribution is 6.01. The van der Waals surface area contributed by atoms with Gasteiger partial charge in [0.25, 0.3) is 6.01 Å². The molecule has 3 rings (SSSR count). The van der Waals surface area contributed by atoms with Crippen molar-refractivity contribution < 1.29 is 13.9 Å². The molecule has 106 valence electrons. The molecule has 0 atom stereocenters. The summed E-state index contributed by atoms with van der Waals surface area (Å²) in [4.78, 5) is 20.6. The number of oxazole rings is 1. The third-order valence-corrected chi connectivity index (χ3v) is 3.59. The predicted octanol–water partition coefficient (Wildman–Crippen LogP) is 1.37. The van der Waals surface area contributed by atoms with Crippen molar-refractivity contribution in [2.24, 2.45) is 0 Å². The van der Waals surface area contributed by atoms with Crippen LogP contribution in [0.3, 0.4) is 0 Å². The first-order valence-electron chi connectivity index (χ1n) is 6.60. The second-order valence-corrected chi connectivity index (χ2v) is 4.93. The Labute approximate surface area is 116 Å². The SMILES string of the molecule is COC(=O)c1cccc2oc(N3CCN(C)CC3)nc12. The van der Waals surface area contributed by atoms with Gasteiger partial charge < -0.3 is 19.0 Å². The minimum absolute atomic E-state index is 0.395. The zero-order valence-electron chi connectivity index (χ0n) is 11.6. The van der Waals surface area contributed by atoms with Crippen molar-refractivity contribution in [1.29, 1.82) is 0 Å². The molecule has 0 N–H and O–H groups in total. The number of benzene rings is 1. The van der Waals surface area contributed by atoms with E-state index in [4.69, 9.17) is 9.15 Å². The van der Waals surface area contributed by atoms with Crippen LogP contribution in [0.2, 0.25) is 0 Å². The van der Waals surface area contributed by atoms with Gasteiger partial charge in [-0.3, -0.25) is 0 Å². The molecule has 0 unspecified atom stereocenters. The third kappa shape index (κ3) is 2.22. The molecule has 0 amide bonds. The van der Waals surface area contributed by atoms with Crippen molar-refractivity contribution in [2.45, 2.75) is 0 Å². The van der Waals surface area contributed by atoms with E-state index in [-0.39, 0.29) is 0 Å². The molecule has 1 aromatic carbocycles. The monoisotopic (exact) mass is 275 g/mol. The zero-order chi connectivity index (χ0) is 14.1. The van der Waals surface area contributed by atoms with Crippen LogP contribution in [0.4, 0.5) is 6.01 Å². The quantitative estimate of drug-likeness (QED) is 0.771. The van der Waals surface area contributed by atoms with Crippen molar-refractivity contribution in [2.75, 3.05) is 45.2 Å². The van der Waals surface area contributed by atoms with E-state index in [1.807, 2.05) is 6.07 Å². The molecule has 0 saturated carbocycles. The average Bonchev–Trinajstić information content (AvgIpc) is 2.91. The van der Waals surface area contributed by atoms with Gasteiger partial charge in [-0.1, -0.05) is 6.07 Å². The minimum atomic E-state index is -0.395. The molecule has 20 heavy (non-hydrogen) atoms. The van der Waals surface area contributed by atoms with Crippen molar-refractivity contribution in [3.05, 3.63) is 23.8 Å². The van der Waals surface area contributed by atoms with E-state index < -0.39 is 5.97 Å². The van der Waals surface area contributed by atoms with E-state index in [2.05, 4.69) is 21.8 Å². The fraction of sp³-hybridized carbons (Fsp3) is 0.429. The maximum Gasteiger partial charge on any atom is 0.340 e. The Morgan fingerprint density at radius 3 is 2.75 bits per heavy atom. The number of nitrogens with zero attached hydrogens (tertiary/aromatic N) is 3. The molecule has 2 aromatic rings. The standard InChI is InChI=1S/C14H17N3O3/c1-16-6-8-17(9-7-16)14-15-12-10(13(18)19-2)4-3-5-11(12)20-14/h3-5H,6-9H2,1-2H3. The van der Waals surface area contributed by atoms with E-state index in [9.17, 15) is 4.79 Å². The molecule has 0 bridgehead atoms. The number of rotatable bonds is 2. The first-order chi connectivity index (χ1) is 9.69. The number of hydrogen-bond donors (Lipinski definition) is 0. The van der Waals surface area contributed by atoms with Crippen LogP contribution in [0.5, 0.6) is 0 Å². The van der Waals surface area contributed by atoms with Gasteiger partial charge in [-0.15, -0.1) is 0 Å². The Hall–Kier alpha value is -2.08. The van der Waals surface area contributed by atoms with Gasteiger partial charge in [0.1, 0.15) is 5.52 Å². The van der Waals surface area contributed by atoms with Gasteiger partial charge in [0.15, 0.2) is 5.58 Å². The van der Waals surface area contributed by atoms with E-state index in [0.29, 0.717) is 22.7 Å². The maximum atomic E-state index is 11.7. The minimum Gasteiger partial charge on any atom is -0.465 e. The number of piperazine rings is 1. The van der Waals surface area contributed by atoms with Crippen LogP contribution >= 0.6 is 0 Å². The molecule has 1 aromatic heterocycles. The lowest BCUT2D eigenvalue weighted by molar-refractivity contribution is 0.0603. The second-order valence-electron chi connectivity index (χ2n) is 4.93. The number of esters is 1. The lowest BCUT2D eigenvalue weighted by Crippen LogP contribution is -2.44. The highest BCUT2D eigenvalue weighted by Gasteiger charge is 2.21. The van der Waals surface area contributed by atoms with Crippen molar-refractivity contribution >= 4 is 23.1 Å². The first kappa shape index (κ1) is 12.9. The predicted molar refractivity (Wildman–Crippen MR) is 75.1 cm³/mol. The summed E-state index contributed by atoms with van der Waals surface area (Å²) in [6.45, 7) is 3.69. The molecule has 1 fully saturated rings. The fourth-order valence-electron chi connectivity index (χ4n) is 2.34. The molecule has 0 spiro atoms. The molecular weight excluding hydrogens is 258 g/mol. The number of carbonyl (C=O) groups is 1. The van der Waals surface area contributed by atoms with Crippen molar-refractivity contribution in [1.82, 2.24) is 9.88 Å². The summed E-state index contributed by atoms with van der Waals surface area (Å²) in [6.07, 6.45) is 0. The maximum absolute atomic E-state index is 11.7. The number of para-hydroxylation sites is 1. The molecule has 1 aliphatic rings. The van der Waals surface area contributed by atoms with Gasteiger partial charge in [-0.2, -0.15) is 4.98 Å². The number of carbonyl (C=O) groups excluding carboxylic acids is 1. The van der Waals surface area contributed by atoms with Crippen molar-refractivity contribution in [3.8, 4) is 0 Å². The molecule has 6 nitrogen and oxygen atoms in total. The summed E-state index contributed by atoms with van der Waals surface area (Å²) in [7, 11) is 3.46. The largest absolute Gasteiger partial charge is 0.465 e. The number of methoxy groups -OCH3 is 1. The zero-order valence-corrected chi connectivity index (χ0v) is 11.6. The average molecular weight is 275 g/mol. The molecule has 0 radical (unpaired) electrons. The lowest BCUT2D eigenvalue weighted by Gasteiger charge is -2.31. The second kappa shape index (κ2) is 5.13. The number of ether oxygens (including phenoxy) is 1. The summed E-state index contributed by atoms with van der Waals surface area (Å²) in [5.41, 5.74) is 1.62. The van der Waals surface area contributed by atoms with Crippen LogP contribution in [0, 0.1) is 0 Å². The molecular formula is C14H17N3O3. The molecule has 1 aliphatic heterocycles. The summed E-state index contributed by atoms with van der Waals surface area (Å²) in [5, 5.41) is 0. The van der Waals surface area contributed by atoms with Crippen LogP contribution < -0.4 is 4.90 Å². The summed E-state index contributed by atoms with van der Waals surface area (Å²) >= 11 is 0.